The van der Waals surface area contributed by atoms with E-state index < -0.39 is 24.6 Å². The first-order valence-electron chi connectivity index (χ1n) is 5.55. The van der Waals surface area contributed by atoms with Crippen molar-refractivity contribution in [1.82, 2.24) is 10.6 Å². The van der Waals surface area contributed by atoms with Gasteiger partial charge in [0.25, 0.3) is 0 Å². The molecule has 0 aromatic carbocycles. The lowest BCUT2D eigenvalue weighted by molar-refractivity contribution is -0.140. The molecular formula is C10H18N2O5. The summed E-state index contributed by atoms with van der Waals surface area (Å²) in [5.74, 6) is -1.26. The van der Waals surface area contributed by atoms with Gasteiger partial charge in [0, 0.05) is 12.6 Å². The molecule has 0 radical (unpaired) electrons. The van der Waals surface area contributed by atoms with Crippen LogP contribution in [0.15, 0.2) is 0 Å². The number of rotatable bonds is 4. The van der Waals surface area contributed by atoms with Gasteiger partial charge in [0.1, 0.15) is 0 Å². The maximum Gasteiger partial charge on any atom is 0.328 e. The summed E-state index contributed by atoms with van der Waals surface area (Å²) in [5, 5.41) is 22.2. The molecule has 7 heteroatoms. The van der Waals surface area contributed by atoms with Crippen molar-refractivity contribution in [3.63, 3.8) is 0 Å². The Balaban J connectivity index is 2.35. The van der Waals surface area contributed by atoms with Crippen molar-refractivity contribution in [2.24, 2.45) is 0 Å². The number of carboxylic acids is 1. The van der Waals surface area contributed by atoms with Crippen LogP contribution in [0.2, 0.25) is 0 Å². The van der Waals surface area contributed by atoms with Crippen molar-refractivity contribution >= 4 is 12.0 Å². The first-order chi connectivity index (χ1) is 8.02. The Bertz CT molecular complexity index is 284. The molecule has 98 valence electrons. The maximum atomic E-state index is 11.5. The van der Waals surface area contributed by atoms with Crippen molar-refractivity contribution in [3.8, 4) is 0 Å². The number of hydrogen-bond acceptors (Lipinski definition) is 4. The van der Waals surface area contributed by atoms with E-state index in [4.69, 9.17) is 14.9 Å². The monoisotopic (exact) mass is 246 g/mol. The smallest absolute Gasteiger partial charge is 0.328 e. The van der Waals surface area contributed by atoms with E-state index in [1.54, 1.807) is 0 Å². The largest absolute Gasteiger partial charge is 0.480 e. The predicted octanol–water partition coefficient (Wildman–Crippen LogP) is -0.701. The number of carboxylic acid groups (broad SMARTS) is 1. The molecule has 0 bridgehead atoms. The van der Waals surface area contributed by atoms with Gasteiger partial charge in [-0.25, -0.2) is 9.59 Å². The van der Waals surface area contributed by atoms with Gasteiger partial charge < -0.3 is 25.6 Å². The summed E-state index contributed by atoms with van der Waals surface area (Å²) in [6.07, 6.45) is 1.49. The lowest BCUT2D eigenvalue weighted by Gasteiger charge is -2.28. The standard InChI is InChI=1S/C10H18N2O5/c1-6-4-7(2-3-17-6)11-10(16)12-8(5-13)9(14)15/h6-8,13H,2-5H2,1H3,(H,14,15)(H2,11,12,16)/t6?,7?,8-/m0/s1. The van der Waals surface area contributed by atoms with E-state index >= 15 is 0 Å². The Labute approximate surface area is 99.1 Å². The average molecular weight is 246 g/mol. The normalized spacial score (nSPS) is 26.0. The van der Waals surface area contributed by atoms with E-state index in [2.05, 4.69) is 10.6 Å². The molecule has 2 amide bonds. The van der Waals surface area contributed by atoms with E-state index in [1.165, 1.54) is 0 Å². The SMILES string of the molecule is CC1CC(NC(=O)N[C@@H](CO)C(=O)O)CCO1. The quantitative estimate of drug-likeness (QED) is 0.524. The highest BCUT2D eigenvalue weighted by Crippen LogP contribution is 2.12. The number of urea groups is 1. The Morgan fingerprint density at radius 1 is 1.53 bits per heavy atom. The Morgan fingerprint density at radius 3 is 2.76 bits per heavy atom. The zero-order valence-corrected chi connectivity index (χ0v) is 9.68. The highest BCUT2D eigenvalue weighted by atomic mass is 16.5. The molecular weight excluding hydrogens is 228 g/mol. The van der Waals surface area contributed by atoms with Crippen LogP contribution in [0.1, 0.15) is 19.8 Å². The zero-order chi connectivity index (χ0) is 12.8. The van der Waals surface area contributed by atoms with Gasteiger partial charge in [-0.1, -0.05) is 0 Å². The second-order valence-corrected chi connectivity index (χ2v) is 4.09. The van der Waals surface area contributed by atoms with Gasteiger partial charge >= 0.3 is 12.0 Å². The molecule has 1 rings (SSSR count). The third-order valence-corrected chi connectivity index (χ3v) is 2.61. The lowest BCUT2D eigenvalue weighted by atomic mass is 10.0. The molecule has 17 heavy (non-hydrogen) atoms. The topological polar surface area (TPSA) is 108 Å². The van der Waals surface area contributed by atoms with E-state index in [0.717, 1.165) is 0 Å². The van der Waals surface area contributed by atoms with Crippen molar-refractivity contribution < 1.29 is 24.5 Å². The van der Waals surface area contributed by atoms with Gasteiger partial charge in [-0.05, 0) is 19.8 Å². The molecule has 4 N–H and O–H groups in total. The number of ether oxygens (including phenoxy) is 1. The molecule has 0 saturated carbocycles. The first kappa shape index (κ1) is 13.7. The predicted molar refractivity (Wildman–Crippen MR) is 58.6 cm³/mol. The molecule has 0 spiro atoms. The van der Waals surface area contributed by atoms with Crippen molar-refractivity contribution in [2.75, 3.05) is 13.2 Å². The summed E-state index contributed by atoms with van der Waals surface area (Å²) >= 11 is 0. The van der Waals surface area contributed by atoms with Gasteiger partial charge in [-0.15, -0.1) is 0 Å². The molecule has 1 aliphatic heterocycles. The fraction of sp³-hybridized carbons (Fsp3) is 0.800. The minimum absolute atomic E-state index is 0.0214. The third kappa shape index (κ3) is 4.58. The van der Waals surface area contributed by atoms with Gasteiger partial charge in [0.15, 0.2) is 6.04 Å². The van der Waals surface area contributed by atoms with Gasteiger partial charge in [0.2, 0.25) is 0 Å². The number of aliphatic carboxylic acids is 1. The summed E-state index contributed by atoms with van der Waals surface area (Å²) in [6, 6.07) is -1.87. The van der Waals surface area contributed by atoms with Gasteiger partial charge in [0.05, 0.1) is 12.7 Å². The first-order valence-corrected chi connectivity index (χ1v) is 5.55. The maximum absolute atomic E-state index is 11.5. The summed E-state index contributed by atoms with van der Waals surface area (Å²) in [6.45, 7) is 1.86. The molecule has 1 saturated heterocycles. The molecule has 1 heterocycles. The minimum atomic E-state index is -1.27. The highest BCUT2D eigenvalue weighted by molar-refractivity contribution is 5.82. The molecule has 7 nitrogen and oxygen atoms in total. The molecule has 0 aromatic rings. The van der Waals surface area contributed by atoms with Crippen LogP contribution in [-0.2, 0) is 9.53 Å². The highest BCUT2D eigenvalue weighted by Gasteiger charge is 2.23. The van der Waals surface area contributed by atoms with E-state index in [-0.39, 0.29) is 12.1 Å². The Kier molecular flexibility index (Phi) is 5.17. The number of amides is 2. The zero-order valence-electron chi connectivity index (χ0n) is 9.68. The van der Waals surface area contributed by atoms with Crippen LogP contribution in [-0.4, -0.2) is 53.6 Å². The Hall–Kier alpha value is -1.34. The van der Waals surface area contributed by atoms with Gasteiger partial charge in [-0.3, -0.25) is 0 Å². The van der Waals surface area contributed by atoms with E-state index in [1.807, 2.05) is 6.92 Å². The van der Waals surface area contributed by atoms with Crippen LogP contribution in [0.4, 0.5) is 4.79 Å². The van der Waals surface area contributed by atoms with Crippen LogP contribution in [0.5, 0.6) is 0 Å². The summed E-state index contributed by atoms with van der Waals surface area (Å²) < 4.78 is 5.32. The Morgan fingerprint density at radius 2 is 2.24 bits per heavy atom. The fourth-order valence-electron chi connectivity index (χ4n) is 1.70. The molecule has 3 atom stereocenters. The minimum Gasteiger partial charge on any atom is -0.480 e. The molecule has 1 fully saturated rings. The van der Waals surface area contributed by atoms with Crippen molar-refractivity contribution in [1.29, 1.82) is 0 Å². The number of carbonyl (C=O) groups excluding carboxylic acids is 1. The van der Waals surface area contributed by atoms with Crippen LogP contribution >= 0.6 is 0 Å². The molecule has 1 aliphatic rings. The fourth-order valence-corrected chi connectivity index (χ4v) is 1.70. The lowest BCUT2D eigenvalue weighted by Crippen LogP contribution is -2.51. The van der Waals surface area contributed by atoms with Crippen LogP contribution in [0.3, 0.4) is 0 Å². The van der Waals surface area contributed by atoms with Crippen molar-refractivity contribution in [3.05, 3.63) is 0 Å². The third-order valence-electron chi connectivity index (χ3n) is 2.61. The molecule has 2 unspecified atom stereocenters. The van der Waals surface area contributed by atoms with Crippen LogP contribution in [0, 0.1) is 0 Å². The number of aliphatic hydroxyl groups excluding tert-OH is 1. The molecule has 0 aliphatic carbocycles. The summed E-state index contributed by atoms with van der Waals surface area (Å²) in [5.41, 5.74) is 0. The second-order valence-electron chi connectivity index (χ2n) is 4.09. The van der Waals surface area contributed by atoms with Gasteiger partial charge in [-0.2, -0.15) is 0 Å². The number of carbonyl (C=O) groups is 2. The van der Waals surface area contributed by atoms with Crippen molar-refractivity contribution in [2.45, 2.75) is 38.0 Å². The number of aliphatic hydroxyl groups is 1. The average Bonchev–Trinajstić information content (AvgIpc) is 2.25. The van der Waals surface area contributed by atoms with Crippen LogP contribution in [0.25, 0.3) is 0 Å². The number of hydrogen-bond donors (Lipinski definition) is 4. The van der Waals surface area contributed by atoms with E-state index in [9.17, 15) is 9.59 Å². The molecule has 0 aromatic heterocycles. The summed E-state index contributed by atoms with van der Waals surface area (Å²) in [7, 11) is 0. The second kappa shape index (κ2) is 6.41. The number of nitrogens with one attached hydrogen (secondary N) is 2. The summed E-state index contributed by atoms with van der Waals surface area (Å²) in [4.78, 5) is 22.0. The van der Waals surface area contributed by atoms with Crippen LogP contribution < -0.4 is 10.6 Å². The van der Waals surface area contributed by atoms with E-state index in [0.29, 0.717) is 19.4 Å².